The highest BCUT2D eigenvalue weighted by Crippen LogP contribution is 2.66. The molecule has 3 atom stereocenters. The average molecular weight is 448 g/mol. The van der Waals surface area contributed by atoms with Crippen LogP contribution in [-0.4, -0.2) is 44.9 Å². The summed E-state index contributed by atoms with van der Waals surface area (Å²) in [5.74, 6) is 1.20. The number of carbonyl (C=O) groups excluding carboxylic acids is 1. The van der Waals surface area contributed by atoms with Crippen molar-refractivity contribution in [2.45, 2.75) is 51.0 Å². The van der Waals surface area contributed by atoms with E-state index in [0.29, 0.717) is 11.7 Å². The largest absolute Gasteiger partial charge is 0.514 e. The molecule has 2 fully saturated rings. The van der Waals surface area contributed by atoms with Gasteiger partial charge in [-0.1, -0.05) is 20.8 Å². The lowest BCUT2D eigenvalue weighted by atomic mass is 9.70. The maximum Gasteiger partial charge on any atom is 0.514 e. The summed E-state index contributed by atoms with van der Waals surface area (Å²) in [5, 5.41) is 0. The molecule has 29 heavy (non-hydrogen) atoms. The molecule has 2 aliphatic rings. The topological polar surface area (TPSA) is 99.1 Å². The molecule has 0 aliphatic heterocycles. The fourth-order valence-electron chi connectivity index (χ4n) is 4.32. The minimum absolute atomic E-state index is 0.0276. The van der Waals surface area contributed by atoms with Gasteiger partial charge < -0.3 is 9.47 Å². The van der Waals surface area contributed by atoms with Crippen LogP contribution in [0.5, 0.6) is 5.75 Å². The summed E-state index contributed by atoms with van der Waals surface area (Å²) in [6, 6.07) is 7.70. The van der Waals surface area contributed by atoms with E-state index in [1.54, 1.807) is 0 Å². The zero-order chi connectivity index (χ0) is 22.0. The van der Waals surface area contributed by atoms with Crippen LogP contribution in [0.15, 0.2) is 29.2 Å². The van der Waals surface area contributed by atoms with Gasteiger partial charge in [-0.25, -0.2) is 4.79 Å². The summed E-state index contributed by atoms with van der Waals surface area (Å²) in [6.07, 6.45) is 7.08. The number of hydrogen-bond donors (Lipinski definition) is 1. The van der Waals surface area contributed by atoms with Crippen molar-refractivity contribution in [3.05, 3.63) is 24.3 Å². The number of benzene rings is 1. The van der Waals surface area contributed by atoms with Crippen LogP contribution in [0.1, 0.15) is 40.0 Å². The summed E-state index contributed by atoms with van der Waals surface area (Å²) in [7, 11) is -3.08. The van der Waals surface area contributed by atoms with Crippen molar-refractivity contribution >= 4 is 27.4 Å². The van der Waals surface area contributed by atoms with Crippen molar-refractivity contribution in [1.29, 1.82) is 0 Å². The van der Waals surface area contributed by atoms with Crippen molar-refractivity contribution in [3.63, 3.8) is 0 Å². The van der Waals surface area contributed by atoms with Gasteiger partial charge in [-0.05, 0) is 54.9 Å². The Morgan fingerprint density at radius 1 is 1.17 bits per heavy atom. The van der Waals surface area contributed by atoms with Crippen LogP contribution in [-0.2, 0) is 30.2 Å². The lowest BCUT2D eigenvalue weighted by Gasteiger charge is -2.38. The average Bonchev–Trinajstić information content (AvgIpc) is 2.95. The third-order valence-corrected chi connectivity index (χ3v) is 8.30. The Morgan fingerprint density at radius 3 is 2.10 bits per heavy atom. The Bertz CT molecular complexity index is 818. The number of hydrogen-bond acceptors (Lipinski definition) is 6. The quantitative estimate of drug-likeness (QED) is 0.321. The molecule has 7 nitrogen and oxygen atoms in total. The molecule has 0 radical (unpaired) electrons. The number of fused-ring (bicyclic) bond motifs is 2. The monoisotopic (exact) mass is 447 g/mol. The first-order valence-corrected chi connectivity index (χ1v) is 12.8. The lowest BCUT2D eigenvalue weighted by Crippen LogP contribution is -2.38. The van der Waals surface area contributed by atoms with Crippen LogP contribution in [0.4, 0.5) is 4.79 Å². The predicted octanol–water partition coefficient (Wildman–Crippen LogP) is 4.09. The van der Waals surface area contributed by atoms with Gasteiger partial charge in [0.1, 0.15) is 24.4 Å². The Kier molecular flexibility index (Phi) is 7.30. The molecule has 2 aliphatic carbocycles. The molecule has 1 aromatic rings. The normalized spacial score (nSPS) is 27.3. The zero-order valence-electron chi connectivity index (χ0n) is 17.8. The first-order chi connectivity index (χ1) is 13.3. The van der Waals surface area contributed by atoms with E-state index < -0.39 is 16.6 Å². The molecule has 2 bridgehead atoms. The Labute approximate surface area is 176 Å². The summed E-state index contributed by atoms with van der Waals surface area (Å²) < 4.78 is 40.8. The van der Waals surface area contributed by atoms with Gasteiger partial charge in [-0.3, -0.25) is 8.74 Å². The van der Waals surface area contributed by atoms with Crippen LogP contribution in [0, 0.1) is 16.7 Å². The maximum absolute atomic E-state index is 12.2. The fraction of sp³-hybridized carbons (Fsp3) is 0.650. The molecule has 3 rings (SSSR count). The molecule has 9 heteroatoms. The smallest absolute Gasteiger partial charge is 0.430 e. The minimum atomic E-state index is -4.16. The van der Waals surface area contributed by atoms with Crippen molar-refractivity contribution in [2.24, 2.45) is 16.7 Å². The van der Waals surface area contributed by atoms with E-state index in [9.17, 15) is 13.2 Å². The molecule has 0 heterocycles. The van der Waals surface area contributed by atoms with Gasteiger partial charge in [0, 0.05) is 16.3 Å². The first kappa shape index (κ1) is 24.0. The SMILES string of the molecule is COS(=O)(=O)O.C[S+](C)c1ccc(OC(=O)OC2CC3CCC2(C)C3(C)C)cc1. The van der Waals surface area contributed by atoms with Crippen molar-refractivity contribution in [3.8, 4) is 5.75 Å². The van der Waals surface area contributed by atoms with E-state index >= 15 is 0 Å². The van der Waals surface area contributed by atoms with E-state index in [0.717, 1.165) is 20.0 Å². The Hall–Kier alpha value is -1.29. The summed E-state index contributed by atoms with van der Waals surface area (Å²) in [6.45, 7) is 6.88. The van der Waals surface area contributed by atoms with Crippen molar-refractivity contribution in [1.82, 2.24) is 0 Å². The second kappa shape index (κ2) is 8.83. The molecule has 164 valence electrons. The highest BCUT2D eigenvalue weighted by molar-refractivity contribution is 7.95. The Balaban J connectivity index is 0.000000438. The molecule has 0 amide bonds. The Morgan fingerprint density at radius 2 is 1.72 bits per heavy atom. The van der Waals surface area contributed by atoms with E-state index in [1.807, 2.05) is 24.3 Å². The number of rotatable bonds is 4. The summed E-state index contributed by atoms with van der Waals surface area (Å²) in [5.41, 5.74) is 0.303. The van der Waals surface area contributed by atoms with Crippen LogP contribution in [0.25, 0.3) is 0 Å². The maximum atomic E-state index is 12.2. The van der Waals surface area contributed by atoms with Gasteiger partial charge in [0.05, 0.1) is 7.11 Å². The first-order valence-electron chi connectivity index (χ1n) is 9.39. The minimum Gasteiger partial charge on any atom is -0.430 e. The molecule has 2 saturated carbocycles. The number of ether oxygens (including phenoxy) is 2. The van der Waals surface area contributed by atoms with Crippen molar-refractivity contribution < 1.29 is 31.4 Å². The summed E-state index contributed by atoms with van der Waals surface area (Å²) in [4.78, 5) is 13.4. The molecular weight excluding hydrogens is 416 g/mol. The third kappa shape index (κ3) is 5.45. The van der Waals surface area contributed by atoms with Crippen LogP contribution >= 0.6 is 0 Å². The van der Waals surface area contributed by atoms with Gasteiger partial charge in [0.25, 0.3) is 0 Å². The van der Waals surface area contributed by atoms with Gasteiger partial charge in [0.15, 0.2) is 4.90 Å². The van der Waals surface area contributed by atoms with E-state index in [4.69, 9.17) is 14.0 Å². The van der Waals surface area contributed by atoms with E-state index in [1.165, 1.54) is 11.3 Å². The second-order valence-electron chi connectivity index (χ2n) is 8.45. The summed E-state index contributed by atoms with van der Waals surface area (Å²) >= 11 is 0. The molecule has 0 spiro atoms. The molecule has 1 aromatic carbocycles. The predicted molar refractivity (Wildman–Crippen MR) is 113 cm³/mol. The molecular formula is C20H31O7S2+. The van der Waals surface area contributed by atoms with Gasteiger partial charge in [0.2, 0.25) is 0 Å². The fourth-order valence-corrected chi connectivity index (χ4v) is 5.01. The second-order valence-corrected chi connectivity index (χ2v) is 11.7. The lowest BCUT2D eigenvalue weighted by molar-refractivity contribution is -0.0220. The van der Waals surface area contributed by atoms with Crippen molar-refractivity contribution in [2.75, 3.05) is 19.6 Å². The third-order valence-electron chi connectivity index (χ3n) is 6.66. The molecule has 1 N–H and O–H groups in total. The van der Waals surface area contributed by atoms with Gasteiger partial charge >= 0.3 is 16.6 Å². The van der Waals surface area contributed by atoms with E-state index in [2.05, 4.69) is 37.5 Å². The molecule has 0 saturated heterocycles. The zero-order valence-corrected chi connectivity index (χ0v) is 19.4. The highest BCUT2D eigenvalue weighted by atomic mass is 32.3. The van der Waals surface area contributed by atoms with Gasteiger partial charge in [-0.15, -0.1) is 0 Å². The van der Waals surface area contributed by atoms with Gasteiger partial charge in [-0.2, -0.15) is 8.42 Å². The van der Waals surface area contributed by atoms with Crippen LogP contribution in [0.2, 0.25) is 0 Å². The highest BCUT2D eigenvalue weighted by Gasteiger charge is 2.63. The number of carbonyl (C=O) groups is 1. The van der Waals surface area contributed by atoms with Crippen LogP contribution < -0.4 is 4.74 Å². The molecule has 3 unspecified atom stereocenters. The van der Waals surface area contributed by atoms with Crippen LogP contribution in [0.3, 0.4) is 0 Å². The molecule has 0 aromatic heterocycles. The van der Waals surface area contributed by atoms with E-state index in [-0.39, 0.29) is 27.8 Å². The standard InChI is InChI=1S/C19H27O3S.CH4O4S/c1-18(2)13-10-11-19(18,3)16(12-13)22-17(20)21-14-6-8-15(9-7-14)23(4)5;1-5-6(2,3)4/h6-9,13,16H,10-12H2,1-5H3;1H3,(H,2,3,4)/q+1;.